The Morgan fingerprint density at radius 1 is 1.00 bits per heavy atom. The maximum Gasteiger partial charge on any atom is -0.0317 e. The van der Waals surface area contributed by atoms with Crippen LogP contribution in [-0.2, 0) is 0 Å². The quantitative estimate of drug-likeness (QED) is 0.512. The first-order valence-electron chi connectivity index (χ1n) is 5.50. The van der Waals surface area contributed by atoms with Crippen LogP contribution in [0.4, 0.5) is 0 Å². The van der Waals surface area contributed by atoms with Crippen molar-refractivity contribution in [1.82, 2.24) is 0 Å². The van der Waals surface area contributed by atoms with Gasteiger partial charge >= 0.3 is 0 Å². The zero-order chi connectivity index (χ0) is 10.1. The molecule has 0 bridgehead atoms. The van der Waals surface area contributed by atoms with Gasteiger partial charge in [0.2, 0.25) is 0 Å². The molecule has 0 spiro atoms. The Balaban J connectivity index is 3.62. The summed E-state index contributed by atoms with van der Waals surface area (Å²) in [6.07, 6.45) is 10.9. The Morgan fingerprint density at radius 2 is 1.69 bits per heavy atom. The van der Waals surface area contributed by atoms with Crippen LogP contribution in [0.25, 0.3) is 0 Å². The van der Waals surface area contributed by atoms with E-state index in [9.17, 15) is 0 Å². The summed E-state index contributed by atoms with van der Waals surface area (Å²) in [5.74, 6) is 0. The smallest absolute Gasteiger partial charge is 0.0317 e. The van der Waals surface area contributed by atoms with Crippen LogP contribution in [0.15, 0.2) is 23.3 Å². The molecular formula is C13H24. The van der Waals surface area contributed by atoms with Gasteiger partial charge in [-0.05, 0) is 46.5 Å². The molecule has 0 nitrogen and oxygen atoms in total. The summed E-state index contributed by atoms with van der Waals surface area (Å²) >= 11 is 0. The zero-order valence-electron chi connectivity index (χ0n) is 9.69. The summed E-state index contributed by atoms with van der Waals surface area (Å²) in [5.41, 5.74) is 3.15. The summed E-state index contributed by atoms with van der Waals surface area (Å²) in [6, 6.07) is 0. The lowest BCUT2D eigenvalue weighted by Gasteiger charge is -2.05. The molecular weight excluding hydrogens is 156 g/mol. The van der Waals surface area contributed by atoms with E-state index in [4.69, 9.17) is 0 Å². The summed E-state index contributed by atoms with van der Waals surface area (Å²) in [5, 5.41) is 0. The molecule has 13 heavy (non-hydrogen) atoms. The summed E-state index contributed by atoms with van der Waals surface area (Å²) in [4.78, 5) is 0. The van der Waals surface area contributed by atoms with E-state index in [1.54, 1.807) is 5.57 Å². The van der Waals surface area contributed by atoms with E-state index in [2.05, 4.69) is 39.8 Å². The maximum absolute atomic E-state index is 2.29. The maximum atomic E-state index is 2.29. The largest absolute Gasteiger partial charge is 0.0887 e. The van der Waals surface area contributed by atoms with Crippen molar-refractivity contribution in [2.45, 2.75) is 59.8 Å². The molecule has 0 aromatic rings. The van der Waals surface area contributed by atoms with Crippen molar-refractivity contribution >= 4 is 0 Å². The van der Waals surface area contributed by atoms with E-state index < -0.39 is 0 Å². The van der Waals surface area contributed by atoms with Crippen LogP contribution in [0.1, 0.15) is 59.8 Å². The topological polar surface area (TPSA) is 0 Å². The normalized spacial score (nSPS) is 13.5. The van der Waals surface area contributed by atoms with Crippen molar-refractivity contribution in [3.8, 4) is 0 Å². The second kappa shape index (κ2) is 8.10. The SMILES string of the molecule is CC=C(C)CCCC(=CC)CCC. The molecule has 76 valence electrons. The predicted molar refractivity (Wildman–Crippen MR) is 61.9 cm³/mol. The average molecular weight is 180 g/mol. The van der Waals surface area contributed by atoms with Gasteiger partial charge in [-0.2, -0.15) is 0 Å². The van der Waals surface area contributed by atoms with Gasteiger partial charge in [0.05, 0.1) is 0 Å². The van der Waals surface area contributed by atoms with E-state index >= 15 is 0 Å². The second-order valence-electron chi connectivity index (χ2n) is 3.69. The number of hydrogen-bond acceptors (Lipinski definition) is 0. The van der Waals surface area contributed by atoms with Gasteiger partial charge in [0.25, 0.3) is 0 Å². The Hall–Kier alpha value is -0.520. The fourth-order valence-corrected chi connectivity index (χ4v) is 1.47. The van der Waals surface area contributed by atoms with Gasteiger partial charge in [0, 0.05) is 0 Å². The number of rotatable bonds is 6. The molecule has 0 N–H and O–H groups in total. The molecule has 0 amide bonds. The lowest BCUT2D eigenvalue weighted by molar-refractivity contribution is 0.751. The van der Waals surface area contributed by atoms with Gasteiger partial charge in [-0.15, -0.1) is 0 Å². The summed E-state index contributed by atoms with van der Waals surface area (Å²) in [6.45, 7) is 8.75. The first-order chi connectivity index (χ1) is 6.24. The Labute approximate surface area is 83.7 Å². The van der Waals surface area contributed by atoms with E-state index in [1.165, 1.54) is 37.7 Å². The van der Waals surface area contributed by atoms with Crippen LogP contribution in [0.3, 0.4) is 0 Å². The lowest BCUT2D eigenvalue weighted by Crippen LogP contribution is -1.85. The molecule has 0 aliphatic carbocycles. The molecule has 0 heterocycles. The van der Waals surface area contributed by atoms with Gasteiger partial charge < -0.3 is 0 Å². The first-order valence-corrected chi connectivity index (χ1v) is 5.50. The van der Waals surface area contributed by atoms with E-state index in [1.807, 2.05) is 0 Å². The highest BCUT2D eigenvalue weighted by atomic mass is 14.0. The summed E-state index contributed by atoms with van der Waals surface area (Å²) < 4.78 is 0. The van der Waals surface area contributed by atoms with E-state index in [0.717, 1.165) is 0 Å². The van der Waals surface area contributed by atoms with Crippen LogP contribution >= 0.6 is 0 Å². The number of hydrogen-bond donors (Lipinski definition) is 0. The van der Waals surface area contributed by atoms with Gasteiger partial charge in [-0.25, -0.2) is 0 Å². The molecule has 0 unspecified atom stereocenters. The van der Waals surface area contributed by atoms with Crippen LogP contribution in [0.5, 0.6) is 0 Å². The second-order valence-corrected chi connectivity index (χ2v) is 3.69. The molecule has 0 radical (unpaired) electrons. The van der Waals surface area contributed by atoms with Gasteiger partial charge in [-0.1, -0.05) is 36.6 Å². The fraction of sp³-hybridized carbons (Fsp3) is 0.692. The third kappa shape index (κ3) is 6.62. The van der Waals surface area contributed by atoms with Gasteiger partial charge in [0.15, 0.2) is 0 Å². The predicted octanol–water partition coefficient (Wildman–Crippen LogP) is 4.87. The molecule has 0 aliphatic rings. The molecule has 0 saturated heterocycles. The van der Waals surface area contributed by atoms with Crippen LogP contribution in [0, 0.1) is 0 Å². The van der Waals surface area contributed by atoms with Crippen LogP contribution < -0.4 is 0 Å². The Morgan fingerprint density at radius 3 is 2.15 bits per heavy atom. The van der Waals surface area contributed by atoms with Crippen molar-refractivity contribution in [3.05, 3.63) is 23.3 Å². The Bertz CT molecular complexity index is 172. The molecule has 0 atom stereocenters. The third-order valence-corrected chi connectivity index (χ3v) is 2.54. The molecule has 0 saturated carbocycles. The minimum absolute atomic E-state index is 1.26. The molecule has 0 aromatic carbocycles. The standard InChI is InChI=1S/C13H24/c1-5-9-13(7-3)11-8-10-12(4)6-2/h6-7H,5,8-11H2,1-4H3. The van der Waals surface area contributed by atoms with E-state index in [0.29, 0.717) is 0 Å². The fourth-order valence-electron chi connectivity index (χ4n) is 1.47. The number of allylic oxidation sites excluding steroid dienone is 4. The highest BCUT2D eigenvalue weighted by molar-refractivity contribution is 5.02. The molecule has 0 aromatic heterocycles. The van der Waals surface area contributed by atoms with Crippen molar-refractivity contribution in [3.63, 3.8) is 0 Å². The van der Waals surface area contributed by atoms with Crippen LogP contribution in [-0.4, -0.2) is 0 Å². The highest BCUT2D eigenvalue weighted by Gasteiger charge is 1.95. The third-order valence-electron chi connectivity index (χ3n) is 2.54. The average Bonchev–Trinajstić information content (AvgIpc) is 2.16. The van der Waals surface area contributed by atoms with Crippen LogP contribution in [0.2, 0.25) is 0 Å². The van der Waals surface area contributed by atoms with Gasteiger partial charge in [-0.3, -0.25) is 0 Å². The molecule has 0 rings (SSSR count). The van der Waals surface area contributed by atoms with Crippen molar-refractivity contribution in [1.29, 1.82) is 0 Å². The van der Waals surface area contributed by atoms with Crippen molar-refractivity contribution < 1.29 is 0 Å². The molecule has 0 heteroatoms. The van der Waals surface area contributed by atoms with Crippen molar-refractivity contribution in [2.24, 2.45) is 0 Å². The highest BCUT2D eigenvalue weighted by Crippen LogP contribution is 2.15. The van der Waals surface area contributed by atoms with Crippen molar-refractivity contribution in [2.75, 3.05) is 0 Å². The molecule has 0 fully saturated rings. The Kier molecular flexibility index (Phi) is 7.77. The zero-order valence-corrected chi connectivity index (χ0v) is 9.69. The first kappa shape index (κ1) is 12.5. The lowest BCUT2D eigenvalue weighted by atomic mass is 10.0. The minimum Gasteiger partial charge on any atom is -0.0887 e. The monoisotopic (exact) mass is 180 g/mol. The van der Waals surface area contributed by atoms with E-state index in [-0.39, 0.29) is 0 Å². The summed E-state index contributed by atoms with van der Waals surface area (Å²) in [7, 11) is 0. The minimum atomic E-state index is 1.26. The van der Waals surface area contributed by atoms with Gasteiger partial charge in [0.1, 0.15) is 0 Å². The molecule has 0 aliphatic heterocycles.